The molecule has 1 aromatic carbocycles. The zero-order valence-corrected chi connectivity index (χ0v) is 12.1. The van der Waals surface area contributed by atoms with Crippen LogP contribution in [0.3, 0.4) is 0 Å². The molecule has 0 bridgehead atoms. The summed E-state index contributed by atoms with van der Waals surface area (Å²) in [6.07, 6.45) is 2.11. The SMILES string of the molecule is CCCCOCCOOC(=O)c1cccc(OCC)c1. The first-order chi connectivity index (χ1) is 9.77. The minimum absolute atomic E-state index is 0.223. The standard InChI is InChI=1S/C15H22O5/c1-3-5-9-17-10-11-19-20-15(16)13-7-6-8-14(12-13)18-4-2/h6-8,12H,3-5,9-11H2,1-2H3. The molecule has 0 heterocycles. The average Bonchev–Trinajstić information content (AvgIpc) is 2.47. The smallest absolute Gasteiger partial charge is 0.373 e. The fraction of sp³-hybridized carbons (Fsp3) is 0.533. The molecule has 1 aromatic rings. The third-order valence-electron chi connectivity index (χ3n) is 2.47. The van der Waals surface area contributed by atoms with Gasteiger partial charge >= 0.3 is 5.97 Å². The summed E-state index contributed by atoms with van der Waals surface area (Å²) >= 11 is 0. The van der Waals surface area contributed by atoms with Crippen molar-refractivity contribution in [3.63, 3.8) is 0 Å². The molecule has 0 aliphatic heterocycles. The molecule has 0 saturated carbocycles. The van der Waals surface area contributed by atoms with Crippen LogP contribution in [0.15, 0.2) is 24.3 Å². The van der Waals surface area contributed by atoms with Crippen molar-refractivity contribution in [3.05, 3.63) is 29.8 Å². The van der Waals surface area contributed by atoms with E-state index in [2.05, 4.69) is 6.92 Å². The molecule has 0 atom stereocenters. The third-order valence-corrected chi connectivity index (χ3v) is 2.47. The zero-order valence-electron chi connectivity index (χ0n) is 12.1. The topological polar surface area (TPSA) is 54.0 Å². The van der Waals surface area contributed by atoms with Gasteiger partial charge in [0.1, 0.15) is 12.4 Å². The van der Waals surface area contributed by atoms with E-state index in [-0.39, 0.29) is 6.61 Å². The van der Waals surface area contributed by atoms with E-state index < -0.39 is 5.97 Å². The van der Waals surface area contributed by atoms with Gasteiger partial charge in [0.25, 0.3) is 0 Å². The second kappa shape index (κ2) is 10.2. The van der Waals surface area contributed by atoms with Crippen LogP contribution in [0, 0.1) is 0 Å². The molecule has 1 rings (SSSR count). The summed E-state index contributed by atoms with van der Waals surface area (Å²) < 4.78 is 10.6. The predicted molar refractivity (Wildman–Crippen MR) is 74.7 cm³/mol. The van der Waals surface area contributed by atoms with Crippen molar-refractivity contribution in [1.29, 1.82) is 0 Å². The number of hydrogen-bond donors (Lipinski definition) is 0. The molecule has 0 aliphatic rings. The molecular weight excluding hydrogens is 260 g/mol. The largest absolute Gasteiger partial charge is 0.494 e. The Morgan fingerprint density at radius 2 is 2.00 bits per heavy atom. The maximum Gasteiger partial charge on any atom is 0.373 e. The van der Waals surface area contributed by atoms with Crippen LogP contribution in [-0.2, 0) is 14.5 Å². The van der Waals surface area contributed by atoms with Crippen LogP contribution >= 0.6 is 0 Å². The van der Waals surface area contributed by atoms with Crippen molar-refractivity contribution in [2.75, 3.05) is 26.4 Å². The highest BCUT2D eigenvalue weighted by Gasteiger charge is 2.09. The Morgan fingerprint density at radius 1 is 1.15 bits per heavy atom. The predicted octanol–water partition coefficient (Wildman–Crippen LogP) is 2.99. The van der Waals surface area contributed by atoms with Gasteiger partial charge in [-0.3, -0.25) is 4.89 Å². The van der Waals surface area contributed by atoms with E-state index in [4.69, 9.17) is 19.2 Å². The van der Waals surface area contributed by atoms with Crippen LogP contribution in [0.1, 0.15) is 37.0 Å². The van der Waals surface area contributed by atoms with Crippen molar-refractivity contribution < 1.29 is 24.0 Å². The van der Waals surface area contributed by atoms with Gasteiger partial charge in [-0.15, -0.1) is 0 Å². The molecule has 0 aliphatic carbocycles. The highest BCUT2D eigenvalue weighted by molar-refractivity contribution is 5.89. The fourth-order valence-electron chi connectivity index (χ4n) is 1.46. The summed E-state index contributed by atoms with van der Waals surface area (Å²) in [6.45, 7) is 5.85. The van der Waals surface area contributed by atoms with Crippen molar-refractivity contribution >= 4 is 5.97 Å². The summed E-state index contributed by atoms with van der Waals surface area (Å²) in [6, 6.07) is 6.77. The molecule has 0 unspecified atom stereocenters. The van der Waals surface area contributed by atoms with Crippen molar-refractivity contribution in [2.24, 2.45) is 0 Å². The number of ether oxygens (including phenoxy) is 2. The van der Waals surface area contributed by atoms with E-state index in [0.29, 0.717) is 31.1 Å². The Balaban J connectivity index is 2.23. The van der Waals surface area contributed by atoms with E-state index in [9.17, 15) is 4.79 Å². The molecule has 0 radical (unpaired) electrons. The van der Waals surface area contributed by atoms with Crippen LogP contribution in [0.25, 0.3) is 0 Å². The molecule has 0 spiro atoms. The number of rotatable bonds is 10. The van der Waals surface area contributed by atoms with Crippen LogP contribution in [0.4, 0.5) is 0 Å². The quantitative estimate of drug-likeness (QED) is 0.375. The van der Waals surface area contributed by atoms with Crippen molar-refractivity contribution in [2.45, 2.75) is 26.7 Å². The van der Waals surface area contributed by atoms with Gasteiger partial charge in [-0.2, -0.15) is 4.89 Å². The van der Waals surface area contributed by atoms with Gasteiger partial charge in [-0.25, -0.2) is 4.79 Å². The lowest BCUT2D eigenvalue weighted by Crippen LogP contribution is -2.10. The van der Waals surface area contributed by atoms with E-state index >= 15 is 0 Å². The Hall–Kier alpha value is -1.59. The molecule has 20 heavy (non-hydrogen) atoms. The molecule has 5 nitrogen and oxygen atoms in total. The zero-order chi connectivity index (χ0) is 14.6. The third kappa shape index (κ3) is 6.54. The molecule has 0 fully saturated rings. The van der Waals surface area contributed by atoms with Gasteiger partial charge in [0, 0.05) is 6.61 Å². The second-order valence-electron chi connectivity index (χ2n) is 4.12. The van der Waals surface area contributed by atoms with E-state index in [1.165, 1.54) is 0 Å². The molecule has 0 aromatic heterocycles. The molecule has 0 saturated heterocycles. The van der Waals surface area contributed by atoms with Gasteiger partial charge in [-0.05, 0) is 31.5 Å². The fourth-order valence-corrected chi connectivity index (χ4v) is 1.46. The van der Waals surface area contributed by atoms with Gasteiger partial charge in [0.15, 0.2) is 0 Å². The Morgan fingerprint density at radius 3 is 2.75 bits per heavy atom. The Bertz CT molecular complexity index is 392. The first kappa shape index (κ1) is 16.5. The van der Waals surface area contributed by atoms with Crippen LogP contribution < -0.4 is 4.74 Å². The highest BCUT2D eigenvalue weighted by atomic mass is 17.2. The van der Waals surface area contributed by atoms with Crippen molar-refractivity contribution in [1.82, 2.24) is 0 Å². The first-order valence-corrected chi connectivity index (χ1v) is 6.92. The Labute approximate surface area is 119 Å². The summed E-state index contributed by atoms with van der Waals surface area (Å²) in [5.41, 5.74) is 0.392. The van der Waals surface area contributed by atoms with Crippen LogP contribution in [0.2, 0.25) is 0 Å². The van der Waals surface area contributed by atoms with E-state index in [1.54, 1.807) is 24.3 Å². The van der Waals surface area contributed by atoms with Gasteiger partial charge in [-0.1, -0.05) is 19.4 Å². The summed E-state index contributed by atoms with van der Waals surface area (Å²) in [5.74, 6) is 0.0879. The average molecular weight is 282 g/mol. The van der Waals surface area contributed by atoms with Gasteiger partial charge < -0.3 is 9.47 Å². The summed E-state index contributed by atoms with van der Waals surface area (Å²) in [4.78, 5) is 21.2. The molecule has 5 heteroatoms. The van der Waals surface area contributed by atoms with Crippen molar-refractivity contribution in [3.8, 4) is 5.75 Å². The van der Waals surface area contributed by atoms with E-state index in [0.717, 1.165) is 12.8 Å². The summed E-state index contributed by atoms with van der Waals surface area (Å²) in [7, 11) is 0. The highest BCUT2D eigenvalue weighted by Crippen LogP contribution is 2.14. The maximum absolute atomic E-state index is 11.7. The lowest BCUT2D eigenvalue weighted by molar-refractivity contribution is -0.247. The monoisotopic (exact) mass is 282 g/mol. The minimum Gasteiger partial charge on any atom is -0.494 e. The normalized spacial score (nSPS) is 10.3. The second-order valence-corrected chi connectivity index (χ2v) is 4.12. The number of benzene rings is 1. The summed E-state index contributed by atoms with van der Waals surface area (Å²) in [5, 5.41) is 0. The lowest BCUT2D eigenvalue weighted by Gasteiger charge is -2.06. The number of unbranched alkanes of at least 4 members (excludes halogenated alkanes) is 1. The molecular formula is C15H22O5. The maximum atomic E-state index is 11.7. The number of carbonyl (C=O) groups is 1. The van der Waals surface area contributed by atoms with Crippen LogP contribution in [-0.4, -0.2) is 32.4 Å². The first-order valence-electron chi connectivity index (χ1n) is 6.92. The van der Waals surface area contributed by atoms with Gasteiger partial charge in [0.05, 0.1) is 18.8 Å². The van der Waals surface area contributed by atoms with Gasteiger partial charge in [0.2, 0.25) is 0 Å². The molecule has 0 amide bonds. The molecule has 0 N–H and O–H groups in total. The Kier molecular flexibility index (Phi) is 8.42. The minimum atomic E-state index is -0.542. The van der Waals surface area contributed by atoms with E-state index in [1.807, 2.05) is 6.92 Å². The lowest BCUT2D eigenvalue weighted by atomic mass is 10.2. The van der Waals surface area contributed by atoms with Crippen LogP contribution in [0.5, 0.6) is 5.75 Å². The number of hydrogen-bond acceptors (Lipinski definition) is 5. The molecule has 112 valence electrons. The number of carbonyl (C=O) groups excluding carboxylic acids is 1.